The zero-order valence-electron chi connectivity index (χ0n) is 13.0. The lowest BCUT2D eigenvalue weighted by Gasteiger charge is -2.13. The van der Waals surface area contributed by atoms with Gasteiger partial charge in [0.25, 0.3) is 5.91 Å². The molecule has 9 heteroatoms. The van der Waals surface area contributed by atoms with Crippen LogP contribution in [0.3, 0.4) is 0 Å². The lowest BCUT2D eigenvalue weighted by Crippen LogP contribution is -2.19. The van der Waals surface area contributed by atoms with Crippen molar-refractivity contribution in [3.8, 4) is 0 Å². The number of hydrogen-bond donors (Lipinski definition) is 3. The quantitative estimate of drug-likeness (QED) is 0.674. The zero-order chi connectivity index (χ0) is 16.9. The first-order valence-electron chi connectivity index (χ1n) is 7.55. The van der Waals surface area contributed by atoms with Crippen molar-refractivity contribution in [1.29, 1.82) is 0 Å². The fraction of sp³-hybridized carbons (Fsp3) is 0.333. The second-order valence-electron chi connectivity index (χ2n) is 6.12. The summed E-state index contributed by atoms with van der Waals surface area (Å²) in [7, 11) is 0. The maximum atomic E-state index is 13.5. The molecule has 4 N–H and O–H groups in total. The van der Waals surface area contributed by atoms with Crippen LogP contribution in [-0.2, 0) is 5.54 Å². The summed E-state index contributed by atoms with van der Waals surface area (Å²) in [6, 6.07) is 1.71. The molecule has 3 aromatic heterocycles. The molecule has 1 fully saturated rings. The van der Waals surface area contributed by atoms with Crippen LogP contribution in [0.25, 0.3) is 11.0 Å². The second-order valence-corrected chi connectivity index (χ2v) is 6.12. The van der Waals surface area contributed by atoms with Gasteiger partial charge in [0.15, 0.2) is 5.82 Å². The summed E-state index contributed by atoms with van der Waals surface area (Å²) in [4.78, 5) is 20.8. The Bertz CT molecular complexity index is 941. The minimum absolute atomic E-state index is 0.191. The summed E-state index contributed by atoms with van der Waals surface area (Å²) >= 11 is 0. The first kappa shape index (κ1) is 14.6. The van der Waals surface area contributed by atoms with E-state index in [0.29, 0.717) is 35.3 Å². The number of H-pyrrole nitrogens is 1. The van der Waals surface area contributed by atoms with Crippen LogP contribution in [0.2, 0.25) is 0 Å². The van der Waals surface area contributed by atoms with Crippen molar-refractivity contribution < 1.29 is 9.18 Å². The van der Waals surface area contributed by atoms with Crippen LogP contribution in [0.15, 0.2) is 18.6 Å². The first-order valence-corrected chi connectivity index (χ1v) is 7.55. The van der Waals surface area contributed by atoms with E-state index in [4.69, 9.17) is 5.73 Å². The van der Waals surface area contributed by atoms with Gasteiger partial charge in [-0.15, -0.1) is 0 Å². The minimum atomic E-state index is -0.625. The lowest BCUT2D eigenvalue weighted by atomic mass is 10.2. The standard InChI is InChI=1S/C15H16FN7O/c1-8-4-10(22-21-8)20-14(24)9-5-23(15(6-16)2-3-15)13-11(9)12(17)18-7-19-13/h4-5,7H,2-3,6H2,1H3,(H2,17,18,19)(H2,20,21,22,24). The number of amides is 1. The van der Waals surface area contributed by atoms with Gasteiger partial charge in [-0.25, -0.2) is 14.4 Å². The Labute approximate surface area is 136 Å². The average molecular weight is 329 g/mol. The number of halogens is 1. The van der Waals surface area contributed by atoms with Crippen LogP contribution in [0, 0.1) is 6.92 Å². The molecule has 3 heterocycles. The Morgan fingerprint density at radius 3 is 2.92 bits per heavy atom. The molecule has 124 valence electrons. The fourth-order valence-corrected chi connectivity index (χ4v) is 2.87. The maximum absolute atomic E-state index is 13.5. The number of carbonyl (C=O) groups excluding carboxylic acids is 1. The minimum Gasteiger partial charge on any atom is -0.383 e. The van der Waals surface area contributed by atoms with E-state index in [-0.39, 0.29) is 11.7 Å². The SMILES string of the molecule is Cc1cc(NC(=O)c2cn(C3(CF)CC3)c3ncnc(N)c23)n[nH]1. The van der Waals surface area contributed by atoms with Gasteiger partial charge >= 0.3 is 0 Å². The van der Waals surface area contributed by atoms with E-state index in [1.54, 1.807) is 16.8 Å². The molecule has 0 aromatic carbocycles. The first-order chi connectivity index (χ1) is 11.5. The molecule has 8 nitrogen and oxygen atoms in total. The summed E-state index contributed by atoms with van der Waals surface area (Å²) in [5, 5.41) is 9.87. The Morgan fingerprint density at radius 2 is 2.29 bits per heavy atom. The molecule has 1 saturated carbocycles. The monoisotopic (exact) mass is 329 g/mol. The van der Waals surface area contributed by atoms with E-state index in [1.165, 1.54) is 6.33 Å². The van der Waals surface area contributed by atoms with Gasteiger partial charge in [-0.1, -0.05) is 0 Å². The van der Waals surface area contributed by atoms with Crippen molar-refractivity contribution in [2.45, 2.75) is 25.3 Å². The summed E-state index contributed by atoms with van der Waals surface area (Å²) < 4.78 is 15.2. The van der Waals surface area contributed by atoms with Gasteiger partial charge in [-0.3, -0.25) is 9.89 Å². The number of anilines is 2. The number of nitrogens with one attached hydrogen (secondary N) is 2. The number of nitrogens with two attached hydrogens (primary N) is 1. The summed E-state index contributed by atoms with van der Waals surface area (Å²) in [6.07, 6.45) is 4.34. The molecule has 0 aliphatic heterocycles. The smallest absolute Gasteiger partial charge is 0.259 e. The van der Waals surface area contributed by atoms with E-state index in [1.807, 2.05) is 6.92 Å². The number of aryl methyl sites for hydroxylation is 1. The number of alkyl halides is 1. The van der Waals surface area contributed by atoms with Crippen molar-refractivity contribution in [3.63, 3.8) is 0 Å². The third-order valence-corrected chi connectivity index (χ3v) is 4.39. The van der Waals surface area contributed by atoms with Gasteiger partial charge in [0.05, 0.1) is 16.5 Å². The molecule has 1 amide bonds. The molecule has 24 heavy (non-hydrogen) atoms. The summed E-state index contributed by atoms with van der Waals surface area (Å²) in [5.74, 6) is 0.207. The molecule has 0 atom stereocenters. The number of fused-ring (bicyclic) bond motifs is 1. The van der Waals surface area contributed by atoms with Gasteiger partial charge in [-0.05, 0) is 19.8 Å². The van der Waals surface area contributed by atoms with E-state index >= 15 is 0 Å². The molecular weight excluding hydrogens is 313 g/mol. The van der Waals surface area contributed by atoms with Crippen molar-refractivity contribution in [3.05, 3.63) is 29.8 Å². The normalized spacial score (nSPS) is 15.6. The molecule has 0 spiro atoms. The number of rotatable bonds is 4. The summed E-state index contributed by atoms with van der Waals surface area (Å²) in [6.45, 7) is 1.32. The van der Waals surface area contributed by atoms with Gasteiger partial charge in [0.2, 0.25) is 0 Å². The number of nitrogens with zero attached hydrogens (tertiary/aromatic N) is 4. The van der Waals surface area contributed by atoms with Crippen molar-refractivity contribution >= 4 is 28.6 Å². The predicted molar refractivity (Wildman–Crippen MR) is 86.4 cm³/mol. The third kappa shape index (κ3) is 2.12. The molecule has 1 aliphatic carbocycles. The Hall–Kier alpha value is -2.97. The molecule has 4 rings (SSSR count). The average Bonchev–Trinajstić information content (AvgIpc) is 3.09. The number of aromatic nitrogens is 5. The van der Waals surface area contributed by atoms with Crippen LogP contribution in [0.5, 0.6) is 0 Å². The number of aromatic amines is 1. The van der Waals surface area contributed by atoms with Crippen molar-refractivity contribution in [1.82, 2.24) is 24.7 Å². The van der Waals surface area contributed by atoms with Crippen LogP contribution in [-0.4, -0.2) is 37.3 Å². The molecule has 0 saturated heterocycles. The van der Waals surface area contributed by atoms with Gasteiger partial charge in [0.1, 0.15) is 24.5 Å². The number of nitrogen functional groups attached to an aromatic ring is 1. The van der Waals surface area contributed by atoms with E-state index < -0.39 is 12.2 Å². The third-order valence-electron chi connectivity index (χ3n) is 4.39. The highest BCUT2D eigenvalue weighted by Gasteiger charge is 2.46. The van der Waals surface area contributed by atoms with Crippen LogP contribution >= 0.6 is 0 Å². The van der Waals surface area contributed by atoms with Crippen molar-refractivity contribution in [2.24, 2.45) is 0 Å². The van der Waals surface area contributed by atoms with Gasteiger partial charge in [0, 0.05) is 18.0 Å². The van der Waals surface area contributed by atoms with E-state index in [2.05, 4.69) is 25.5 Å². The van der Waals surface area contributed by atoms with E-state index in [0.717, 1.165) is 5.69 Å². The topological polar surface area (TPSA) is 115 Å². The predicted octanol–water partition coefficient (Wildman–Crippen LogP) is 1.76. The zero-order valence-corrected chi connectivity index (χ0v) is 13.0. The highest BCUT2D eigenvalue weighted by Crippen LogP contribution is 2.46. The lowest BCUT2D eigenvalue weighted by molar-refractivity contribution is 0.102. The molecule has 0 bridgehead atoms. The fourth-order valence-electron chi connectivity index (χ4n) is 2.87. The Kier molecular flexibility index (Phi) is 3.05. The van der Waals surface area contributed by atoms with Crippen LogP contribution in [0.4, 0.5) is 16.0 Å². The Balaban J connectivity index is 1.81. The summed E-state index contributed by atoms with van der Waals surface area (Å²) in [5.41, 5.74) is 6.93. The maximum Gasteiger partial charge on any atom is 0.259 e. The molecule has 0 unspecified atom stereocenters. The van der Waals surface area contributed by atoms with E-state index in [9.17, 15) is 9.18 Å². The van der Waals surface area contributed by atoms with Crippen LogP contribution < -0.4 is 11.1 Å². The van der Waals surface area contributed by atoms with Gasteiger partial charge < -0.3 is 15.6 Å². The molecular formula is C15H16FN7O. The molecule has 0 radical (unpaired) electrons. The second kappa shape index (κ2) is 5.02. The van der Waals surface area contributed by atoms with Crippen molar-refractivity contribution in [2.75, 3.05) is 17.7 Å². The van der Waals surface area contributed by atoms with Gasteiger partial charge in [-0.2, -0.15) is 5.10 Å². The number of hydrogen-bond acceptors (Lipinski definition) is 5. The largest absolute Gasteiger partial charge is 0.383 e. The highest BCUT2D eigenvalue weighted by molar-refractivity contribution is 6.14. The highest BCUT2D eigenvalue weighted by atomic mass is 19.1. The number of carbonyl (C=O) groups is 1. The Morgan fingerprint density at radius 1 is 1.50 bits per heavy atom. The van der Waals surface area contributed by atoms with Crippen LogP contribution in [0.1, 0.15) is 28.9 Å². The molecule has 3 aromatic rings. The molecule has 1 aliphatic rings.